The zero-order chi connectivity index (χ0) is 20.8. The summed E-state index contributed by atoms with van der Waals surface area (Å²) in [4.78, 5) is 14.2. The summed E-state index contributed by atoms with van der Waals surface area (Å²) in [5.41, 5.74) is 1.96. The van der Waals surface area contributed by atoms with Crippen molar-refractivity contribution in [2.75, 3.05) is 25.5 Å². The lowest BCUT2D eigenvalue weighted by Crippen LogP contribution is -2.34. The summed E-state index contributed by atoms with van der Waals surface area (Å²) in [5, 5.41) is 12.0. The summed E-state index contributed by atoms with van der Waals surface area (Å²) in [6.07, 6.45) is 0.353. The van der Waals surface area contributed by atoms with Crippen molar-refractivity contribution in [1.82, 2.24) is 19.7 Å². The first-order valence-electron chi connectivity index (χ1n) is 9.97. The summed E-state index contributed by atoms with van der Waals surface area (Å²) >= 11 is 0. The van der Waals surface area contributed by atoms with Gasteiger partial charge in [-0.15, -0.1) is 10.2 Å². The molecule has 0 radical (unpaired) electrons. The summed E-state index contributed by atoms with van der Waals surface area (Å²) in [5.74, 6) is 2.55. The van der Waals surface area contributed by atoms with Crippen molar-refractivity contribution in [3.8, 4) is 5.75 Å². The van der Waals surface area contributed by atoms with Crippen molar-refractivity contribution in [1.29, 1.82) is 0 Å². The molecule has 2 heterocycles. The molecule has 4 rings (SSSR count). The van der Waals surface area contributed by atoms with Gasteiger partial charge in [-0.3, -0.25) is 0 Å². The van der Waals surface area contributed by atoms with E-state index in [4.69, 9.17) is 9.47 Å². The third-order valence-electron chi connectivity index (χ3n) is 5.11. The SMILES string of the molecule is COc1ccc(NCc2nnc3n2CCN(C(=O)OCc2ccccc2)CC3)cc1. The number of nitrogens with zero attached hydrogens (tertiary/aromatic N) is 4. The molecule has 2 aromatic carbocycles. The number of methoxy groups -OCH3 is 1. The van der Waals surface area contributed by atoms with E-state index in [0.717, 1.165) is 28.6 Å². The molecule has 0 atom stereocenters. The van der Waals surface area contributed by atoms with Crippen molar-refractivity contribution < 1.29 is 14.3 Å². The highest BCUT2D eigenvalue weighted by Gasteiger charge is 2.22. The predicted octanol–water partition coefficient (Wildman–Crippen LogP) is 3.09. The summed E-state index contributed by atoms with van der Waals surface area (Å²) in [7, 11) is 1.65. The summed E-state index contributed by atoms with van der Waals surface area (Å²) in [6.45, 7) is 2.60. The van der Waals surface area contributed by atoms with E-state index in [1.54, 1.807) is 12.0 Å². The molecule has 0 unspecified atom stereocenters. The molecule has 1 aromatic heterocycles. The van der Waals surface area contributed by atoms with Gasteiger partial charge in [-0.05, 0) is 29.8 Å². The maximum absolute atomic E-state index is 12.5. The van der Waals surface area contributed by atoms with Crippen molar-refractivity contribution in [2.45, 2.75) is 26.1 Å². The molecular weight excluding hydrogens is 382 g/mol. The zero-order valence-electron chi connectivity index (χ0n) is 17.0. The molecule has 0 spiro atoms. The monoisotopic (exact) mass is 407 g/mol. The molecule has 0 saturated heterocycles. The number of ether oxygens (including phenoxy) is 2. The molecule has 3 aromatic rings. The molecule has 0 aliphatic carbocycles. The normalized spacial score (nSPS) is 13.3. The summed E-state index contributed by atoms with van der Waals surface area (Å²) in [6, 6.07) is 17.4. The molecule has 0 bridgehead atoms. The van der Waals surface area contributed by atoms with Gasteiger partial charge < -0.3 is 24.3 Å². The van der Waals surface area contributed by atoms with Crippen LogP contribution in [0.2, 0.25) is 0 Å². The van der Waals surface area contributed by atoms with Gasteiger partial charge in [-0.25, -0.2) is 4.79 Å². The first-order valence-corrected chi connectivity index (χ1v) is 9.97. The molecule has 1 N–H and O–H groups in total. The van der Waals surface area contributed by atoms with E-state index >= 15 is 0 Å². The minimum absolute atomic E-state index is 0.277. The van der Waals surface area contributed by atoms with Crippen LogP contribution in [-0.2, 0) is 30.9 Å². The largest absolute Gasteiger partial charge is 0.497 e. The van der Waals surface area contributed by atoms with Gasteiger partial charge in [0.25, 0.3) is 0 Å². The van der Waals surface area contributed by atoms with Crippen LogP contribution in [0.1, 0.15) is 17.2 Å². The maximum Gasteiger partial charge on any atom is 0.410 e. The molecule has 1 aliphatic rings. The van der Waals surface area contributed by atoms with Crippen LogP contribution in [0, 0.1) is 0 Å². The second-order valence-electron chi connectivity index (χ2n) is 7.04. The number of carbonyl (C=O) groups is 1. The molecule has 0 saturated carbocycles. The Hall–Kier alpha value is -3.55. The van der Waals surface area contributed by atoms with E-state index in [9.17, 15) is 4.79 Å². The number of rotatable bonds is 6. The highest BCUT2D eigenvalue weighted by molar-refractivity contribution is 5.67. The standard InChI is InChI=1S/C22H25N5O3/c1-29-19-9-7-18(8-10-19)23-15-21-25-24-20-11-12-26(13-14-27(20)21)22(28)30-16-17-5-3-2-4-6-17/h2-10,23H,11-16H2,1H3. The fraction of sp³-hybridized carbons (Fsp3) is 0.318. The topological polar surface area (TPSA) is 81.5 Å². The van der Waals surface area contributed by atoms with Crippen molar-refractivity contribution in [2.24, 2.45) is 0 Å². The van der Waals surface area contributed by atoms with Crippen LogP contribution in [0.25, 0.3) is 0 Å². The number of carbonyl (C=O) groups excluding carboxylic acids is 1. The number of hydrogen-bond donors (Lipinski definition) is 1. The van der Waals surface area contributed by atoms with Crippen molar-refractivity contribution >= 4 is 11.8 Å². The van der Waals surface area contributed by atoms with Crippen LogP contribution in [0.3, 0.4) is 0 Å². The Morgan fingerprint density at radius 2 is 1.83 bits per heavy atom. The molecule has 1 amide bonds. The molecule has 30 heavy (non-hydrogen) atoms. The fourth-order valence-electron chi connectivity index (χ4n) is 3.40. The number of aromatic nitrogens is 3. The summed E-state index contributed by atoms with van der Waals surface area (Å²) < 4.78 is 12.7. The van der Waals surface area contributed by atoms with E-state index in [0.29, 0.717) is 32.6 Å². The van der Waals surface area contributed by atoms with Crippen LogP contribution < -0.4 is 10.1 Å². The van der Waals surface area contributed by atoms with Crippen LogP contribution in [0.15, 0.2) is 54.6 Å². The Kier molecular flexibility index (Phi) is 6.12. The number of amides is 1. The molecular formula is C22H25N5O3. The van der Waals surface area contributed by atoms with Gasteiger partial charge in [-0.1, -0.05) is 30.3 Å². The smallest absolute Gasteiger partial charge is 0.410 e. The number of hydrogen-bond acceptors (Lipinski definition) is 6. The minimum atomic E-state index is -0.296. The van der Waals surface area contributed by atoms with Gasteiger partial charge in [0.2, 0.25) is 0 Å². The van der Waals surface area contributed by atoms with E-state index < -0.39 is 0 Å². The lowest BCUT2D eigenvalue weighted by atomic mass is 10.2. The Balaban J connectivity index is 1.32. The second kappa shape index (κ2) is 9.30. The predicted molar refractivity (Wildman–Crippen MR) is 112 cm³/mol. The number of benzene rings is 2. The highest BCUT2D eigenvalue weighted by Crippen LogP contribution is 2.17. The molecule has 1 aliphatic heterocycles. The number of nitrogens with one attached hydrogen (secondary N) is 1. The van der Waals surface area contributed by atoms with Gasteiger partial charge in [0.15, 0.2) is 5.82 Å². The third kappa shape index (κ3) is 4.71. The van der Waals surface area contributed by atoms with Gasteiger partial charge in [0.1, 0.15) is 18.2 Å². The number of anilines is 1. The minimum Gasteiger partial charge on any atom is -0.497 e. The average molecular weight is 407 g/mol. The molecule has 8 nitrogen and oxygen atoms in total. The van der Waals surface area contributed by atoms with E-state index in [1.807, 2.05) is 54.6 Å². The molecule has 8 heteroatoms. The Morgan fingerprint density at radius 1 is 1.03 bits per heavy atom. The third-order valence-corrected chi connectivity index (χ3v) is 5.11. The Morgan fingerprint density at radius 3 is 2.60 bits per heavy atom. The van der Waals surface area contributed by atoms with Gasteiger partial charge in [-0.2, -0.15) is 0 Å². The van der Waals surface area contributed by atoms with Gasteiger partial charge >= 0.3 is 6.09 Å². The first kappa shape index (κ1) is 19.8. The number of fused-ring (bicyclic) bond motifs is 1. The Labute approximate surface area is 175 Å². The van der Waals surface area contributed by atoms with Crippen LogP contribution in [-0.4, -0.2) is 46.0 Å². The fourth-order valence-corrected chi connectivity index (χ4v) is 3.40. The van der Waals surface area contributed by atoms with E-state index in [-0.39, 0.29) is 12.7 Å². The zero-order valence-corrected chi connectivity index (χ0v) is 17.0. The molecule has 156 valence electrons. The van der Waals surface area contributed by atoms with Crippen molar-refractivity contribution in [3.05, 3.63) is 71.8 Å². The lowest BCUT2D eigenvalue weighted by Gasteiger charge is -2.19. The van der Waals surface area contributed by atoms with Crippen molar-refractivity contribution in [3.63, 3.8) is 0 Å². The maximum atomic E-state index is 12.5. The molecule has 0 fully saturated rings. The lowest BCUT2D eigenvalue weighted by molar-refractivity contribution is 0.0968. The highest BCUT2D eigenvalue weighted by atomic mass is 16.6. The van der Waals surface area contributed by atoms with Gasteiger partial charge in [0, 0.05) is 31.7 Å². The average Bonchev–Trinajstić information content (AvgIpc) is 3.06. The van der Waals surface area contributed by atoms with E-state index in [1.165, 1.54) is 0 Å². The second-order valence-corrected chi connectivity index (χ2v) is 7.04. The van der Waals surface area contributed by atoms with Crippen LogP contribution in [0.5, 0.6) is 5.75 Å². The van der Waals surface area contributed by atoms with Crippen LogP contribution >= 0.6 is 0 Å². The van der Waals surface area contributed by atoms with Crippen LogP contribution in [0.4, 0.5) is 10.5 Å². The van der Waals surface area contributed by atoms with E-state index in [2.05, 4.69) is 20.1 Å². The Bertz CT molecular complexity index is 972. The quantitative estimate of drug-likeness (QED) is 0.676. The van der Waals surface area contributed by atoms with Gasteiger partial charge in [0.05, 0.1) is 13.7 Å². The first-order chi connectivity index (χ1) is 14.7.